The summed E-state index contributed by atoms with van der Waals surface area (Å²) in [5.74, 6) is -0.755. The molecule has 1 N–H and O–H groups in total. The van der Waals surface area contributed by atoms with Crippen LogP contribution < -0.4 is 5.32 Å². The molecule has 35 heavy (non-hydrogen) atoms. The third kappa shape index (κ3) is 3.87. The van der Waals surface area contributed by atoms with E-state index in [1.807, 2.05) is 28.9 Å². The smallest absolute Gasteiger partial charge is 0.255 e. The monoisotopic (exact) mass is 476 g/mol. The molecule has 2 aromatic heterocycles. The number of hydrogen-bond donors (Lipinski definition) is 1. The summed E-state index contributed by atoms with van der Waals surface area (Å²) in [6, 6.07) is 4.33. The number of imidazole rings is 1. The molecule has 0 aliphatic carbocycles. The van der Waals surface area contributed by atoms with Crippen LogP contribution in [0.2, 0.25) is 0 Å². The normalized spacial score (nSPS) is 21.6. The Morgan fingerprint density at radius 2 is 1.91 bits per heavy atom. The lowest BCUT2D eigenvalue weighted by Gasteiger charge is -2.32. The van der Waals surface area contributed by atoms with Gasteiger partial charge in [0.05, 0.1) is 11.9 Å². The topological polar surface area (TPSA) is 99.9 Å². The minimum absolute atomic E-state index is 0.0696. The van der Waals surface area contributed by atoms with Crippen molar-refractivity contribution < 1.29 is 18.8 Å². The molecule has 180 valence electrons. The number of piperidine rings is 2. The van der Waals surface area contributed by atoms with Crippen molar-refractivity contribution in [1.82, 2.24) is 29.5 Å². The second-order valence-electron chi connectivity index (χ2n) is 9.52. The van der Waals surface area contributed by atoms with E-state index in [1.54, 1.807) is 6.20 Å². The Kier molecular flexibility index (Phi) is 5.32. The van der Waals surface area contributed by atoms with E-state index in [0.717, 1.165) is 43.7 Å². The maximum absolute atomic E-state index is 15.1. The van der Waals surface area contributed by atoms with Gasteiger partial charge in [0.2, 0.25) is 17.6 Å². The van der Waals surface area contributed by atoms with Gasteiger partial charge in [-0.1, -0.05) is 6.07 Å². The van der Waals surface area contributed by atoms with Crippen LogP contribution in [0.5, 0.6) is 0 Å². The molecule has 1 aromatic carbocycles. The van der Waals surface area contributed by atoms with E-state index in [0.29, 0.717) is 23.3 Å². The minimum atomic E-state index is -0.697. The SMILES string of the molecule is O=C1CCC(N2Cc3cc(C4CCN(Cc5cnc6ncccn56)CC4)c(F)cc3C2=O)C(=O)N1. The number of hydrogen-bond acceptors (Lipinski definition) is 6. The summed E-state index contributed by atoms with van der Waals surface area (Å²) in [5, 5.41) is 2.30. The standard InChI is InChI=1S/C25H25FN6O3/c26-20-11-19-16(13-32(24(19)35)21-2-3-22(33)29-23(21)34)10-18(20)15-4-8-30(9-5-15)14-17-12-28-25-27-6-1-7-31(17)25/h1,6-7,10-12,15,21H,2-5,8-9,13-14H2,(H,29,33,34). The second kappa shape index (κ2) is 8.53. The van der Waals surface area contributed by atoms with Gasteiger partial charge in [0.1, 0.15) is 11.9 Å². The van der Waals surface area contributed by atoms with Crippen molar-refractivity contribution in [2.45, 2.75) is 50.7 Å². The molecule has 2 fully saturated rings. The number of imide groups is 1. The summed E-state index contributed by atoms with van der Waals surface area (Å²) < 4.78 is 17.1. The lowest BCUT2D eigenvalue weighted by atomic mass is 9.87. The van der Waals surface area contributed by atoms with Crippen LogP contribution in [0.1, 0.15) is 58.8 Å². The Morgan fingerprint density at radius 3 is 2.71 bits per heavy atom. The van der Waals surface area contributed by atoms with E-state index in [9.17, 15) is 14.4 Å². The molecule has 0 saturated carbocycles. The third-order valence-corrected chi connectivity index (χ3v) is 7.42. The molecule has 3 aromatic rings. The van der Waals surface area contributed by atoms with Gasteiger partial charge in [-0.15, -0.1) is 0 Å². The predicted molar refractivity (Wildman–Crippen MR) is 123 cm³/mol. The number of amides is 3. The van der Waals surface area contributed by atoms with Gasteiger partial charge in [-0.25, -0.2) is 14.4 Å². The highest BCUT2D eigenvalue weighted by Gasteiger charge is 2.40. The molecule has 0 bridgehead atoms. The zero-order valence-corrected chi connectivity index (χ0v) is 19.1. The number of nitrogens with one attached hydrogen (secondary N) is 1. The lowest BCUT2D eigenvalue weighted by Crippen LogP contribution is -2.52. The van der Waals surface area contributed by atoms with Crippen LogP contribution in [0.4, 0.5) is 4.39 Å². The molecule has 6 rings (SSSR count). The maximum atomic E-state index is 15.1. The molecular formula is C25H25FN6O3. The Balaban J connectivity index is 1.14. The Bertz CT molecular complexity index is 1350. The van der Waals surface area contributed by atoms with E-state index in [2.05, 4.69) is 20.2 Å². The Labute approximate surface area is 200 Å². The van der Waals surface area contributed by atoms with Crippen LogP contribution in [0, 0.1) is 5.82 Å². The third-order valence-electron chi connectivity index (χ3n) is 7.42. The summed E-state index contributed by atoms with van der Waals surface area (Å²) in [4.78, 5) is 49.1. The van der Waals surface area contributed by atoms with Gasteiger partial charge >= 0.3 is 0 Å². The van der Waals surface area contributed by atoms with Gasteiger partial charge in [-0.05, 0) is 61.5 Å². The van der Waals surface area contributed by atoms with Crippen LogP contribution in [0.15, 0.2) is 36.8 Å². The molecule has 0 spiro atoms. The summed E-state index contributed by atoms with van der Waals surface area (Å²) in [5.41, 5.74) is 2.77. The number of fused-ring (bicyclic) bond motifs is 2. The van der Waals surface area contributed by atoms with Crippen molar-refractivity contribution in [2.24, 2.45) is 0 Å². The van der Waals surface area contributed by atoms with Crippen LogP contribution in [-0.4, -0.2) is 61.0 Å². The fourth-order valence-corrected chi connectivity index (χ4v) is 5.55. The highest BCUT2D eigenvalue weighted by atomic mass is 19.1. The number of rotatable bonds is 4. The lowest BCUT2D eigenvalue weighted by molar-refractivity contribution is -0.136. The fourth-order valence-electron chi connectivity index (χ4n) is 5.55. The number of likely N-dealkylation sites (tertiary alicyclic amines) is 1. The highest BCUT2D eigenvalue weighted by molar-refractivity contribution is 6.05. The van der Waals surface area contributed by atoms with Crippen LogP contribution in [0.25, 0.3) is 5.78 Å². The number of aromatic nitrogens is 3. The van der Waals surface area contributed by atoms with E-state index < -0.39 is 11.9 Å². The average Bonchev–Trinajstić information content (AvgIpc) is 3.40. The summed E-state index contributed by atoms with van der Waals surface area (Å²) in [6.45, 7) is 2.67. The van der Waals surface area contributed by atoms with Crippen molar-refractivity contribution in [3.63, 3.8) is 0 Å². The molecule has 2 saturated heterocycles. The van der Waals surface area contributed by atoms with Gasteiger partial charge in [-0.2, -0.15) is 0 Å². The molecule has 3 aliphatic rings. The van der Waals surface area contributed by atoms with Crippen LogP contribution in [0.3, 0.4) is 0 Å². The summed E-state index contributed by atoms with van der Waals surface area (Å²) >= 11 is 0. The number of carbonyl (C=O) groups is 3. The fraction of sp³-hybridized carbons (Fsp3) is 0.400. The quantitative estimate of drug-likeness (QED) is 0.579. The zero-order chi connectivity index (χ0) is 24.1. The average molecular weight is 477 g/mol. The summed E-state index contributed by atoms with van der Waals surface area (Å²) in [6.07, 6.45) is 7.64. The molecule has 1 atom stereocenters. The zero-order valence-electron chi connectivity index (χ0n) is 19.1. The largest absolute Gasteiger partial charge is 0.322 e. The first-order chi connectivity index (χ1) is 17.0. The van der Waals surface area contributed by atoms with Crippen molar-refractivity contribution in [3.05, 3.63) is 65.0 Å². The van der Waals surface area contributed by atoms with Gasteiger partial charge in [0.25, 0.3) is 5.91 Å². The maximum Gasteiger partial charge on any atom is 0.255 e. The van der Waals surface area contributed by atoms with Gasteiger partial charge < -0.3 is 4.90 Å². The van der Waals surface area contributed by atoms with E-state index >= 15 is 4.39 Å². The molecule has 10 heteroatoms. The molecular weight excluding hydrogens is 451 g/mol. The predicted octanol–water partition coefficient (Wildman–Crippen LogP) is 2.01. The highest BCUT2D eigenvalue weighted by Crippen LogP contribution is 2.35. The molecule has 0 radical (unpaired) electrons. The van der Waals surface area contributed by atoms with Crippen molar-refractivity contribution in [3.8, 4) is 0 Å². The number of halogens is 1. The molecule has 3 aliphatic heterocycles. The number of nitrogens with zero attached hydrogens (tertiary/aromatic N) is 5. The van der Waals surface area contributed by atoms with Gasteiger partial charge in [-0.3, -0.25) is 29.0 Å². The van der Waals surface area contributed by atoms with E-state index in [1.165, 1.54) is 11.0 Å². The van der Waals surface area contributed by atoms with Gasteiger partial charge in [0, 0.05) is 37.5 Å². The van der Waals surface area contributed by atoms with Gasteiger partial charge in [0.15, 0.2) is 0 Å². The number of benzene rings is 1. The van der Waals surface area contributed by atoms with Crippen molar-refractivity contribution >= 4 is 23.5 Å². The molecule has 1 unspecified atom stereocenters. The second-order valence-corrected chi connectivity index (χ2v) is 9.52. The van der Waals surface area contributed by atoms with Crippen molar-refractivity contribution in [1.29, 1.82) is 0 Å². The Morgan fingerprint density at radius 1 is 1.09 bits per heavy atom. The molecule has 3 amide bonds. The number of carbonyl (C=O) groups excluding carboxylic acids is 3. The van der Waals surface area contributed by atoms with Crippen molar-refractivity contribution in [2.75, 3.05) is 13.1 Å². The Hall–Kier alpha value is -3.66. The van der Waals surface area contributed by atoms with E-state index in [-0.39, 0.29) is 36.5 Å². The molecule has 5 heterocycles. The first-order valence-electron chi connectivity index (χ1n) is 11.9. The molecule has 9 nitrogen and oxygen atoms in total. The van der Waals surface area contributed by atoms with Crippen LogP contribution in [-0.2, 0) is 22.7 Å². The first kappa shape index (κ1) is 21.8. The first-order valence-corrected chi connectivity index (χ1v) is 11.9. The van der Waals surface area contributed by atoms with E-state index in [4.69, 9.17) is 0 Å². The summed E-state index contributed by atoms with van der Waals surface area (Å²) in [7, 11) is 0. The minimum Gasteiger partial charge on any atom is -0.322 e. The van der Waals surface area contributed by atoms with Crippen LogP contribution >= 0.6 is 0 Å².